The largest absolute Gasteiger partial charge is 0.492 e. The number of ketones is 1. The Hall–Kier alpha value is -1.35. The van der Waals surface area contributed by atoms with Gasteiger partial charge in [0, 0.05) is 0 Å². The summed E-state index contributed by atoms with van der Waals surface area (Å²) in [7, 11) is 0. The lowest BCUT2D eigenvalue weighted by atomic mass is 10.0. The van der Waals surface area contributed by atoms with Gasteiger partial charge in [0.1, 0.15) is 5.75 Å². The van der Waals surface area contributed by atoms with Crippen LogP contribution < -0.4 is 4.74 Å². The number of Topliss-reactive ketones (excluding diaryl/α,β-unsaturated/α-hetero) is 1. The number of carbonyl (C=O) groups excluding carboxylic acids is 1. The number of halogens is 2. The Kier molecular flexibility index (Phi) is 4.07. The van der Waals surface area contributed by atoms with Gasteiger partial charge < -0.3 is 4.74 Å². The van der Waals surface area contributed by atoms with Crippen molar-refractivity contribution in [1.29, 1.82) is 0 Å². The molecule has 16 heavy (non-hydrogen) atoms. The summed E-state index contributed by atoms with van der Waals surface area (Å²) in [5.41, 5.74) is 0.391. The van der Waals surface area contributed by atoms with Gasteiger partial charge in [-0.05, 0) is 19.9 Å². The second-order valence-corrected chi connectivity index (χ2v) is 3.56. The van der Waals surface area contributed by atoms with E-state index in [0.29, 0.717) is 6.61 Å². The van der Waals surface area contributed by atoms with Gasteiger partial charge >= 0.3 is 0 Å². The van der Waals surface area contributed by atoms with E-state index in [2.05, 4.69) is 6.58 Å². The van der Waals surface area contributed by atoms with Crippen LogP contribution in [0.2, 0.25) is 5.02 Å². The summed E-state index contributed by atoms with van der Waals surface area (Å²) in [5.74, 6) is -0.648. The van der Waals surface area contributed by atoms with E-state index in [4.69, 9.17) is 16.3 Å². The first-order valence-electron chi connectivity index (χ1n) is 4.81. The molecule has 4 heteroatoms. The molecule has 0 aliphatic carbocycles. The van der Waals surface area contributed by atoms with Crippen LogP contribution in [0.1, 0.15) is 29.8 Å². The molecule has 86 valence electrons. The number of carbonyl (C=O) groups is 1. The maximum atomic E-state index is 13.6. The van der Waals surface area contributed by atoms with Gasteiger partial charge in [0.05, 0.1) is 22.8 Å². The average Bonchev–Trinajstić information content (AvgIpc) is 2.23. The Bertz CT molecular complexity index is 441. The van der Waals surface area contributed by atoms with E-state index in [1.165, 1.54) is 19.1 Å². The zero-order valence-corrected chi connectivity index (χ0v) is 9.90. The van der Waals surface area contributed by atoms with Crippen molar-refractivity contribution in [2.45, 2.75) is 13.8 Å². The summed E-state index contributed by atoms with van der Waals surface area (Å²) in [5, 5.41) is -0.108. The van der Waals surface area contributed by atoms with E-state index in [-0.39, 0.29) is 27.7 Å². The van der Waals surface area contributed by atoms with Crippen molar-refractivity contribution in [3.8, 4) is 5.75 Å². The summed E-state index contributed by atoms with van der Waals surface area (Å²) in [6.07, 6.45) is 1.29. The fourth-order valence-electron chi connectivity index (χ4n) is 1.37. The Morgan fingerprint density at radius 3 is 2.75 bits per heavy atom. The molecule has 0 atom stereocenters. The van der Waals surface area contributed by atoms with Crippen LogP contribution in [0.3, 0.4) is 0 Å². The predicted octanol–water partition coefficient (Wildman–Crippen LogP) is 3.72. The third-order valence-electron chi connectivity index (χ3n) is 2.08. The highest BCUT2D eigenvalue weighted by atomic mass is 35.5. The SMILES string of the molecule is C=Cc1c(F)c(Cl)cc(C(C)=O)c1OCC. The Labute approximate surface area is 98.7 Å². The van der Waals surface area contributed by atoms with Crippen LogP contribution in [0.25, 0.3) is 6.08 Å². The molecule has 1 aromatic carbocycles. The van der Waals surface area contributed by atoms with Crippen LogP contribution >= 0.6 is 11.6 Å². The Balaban J connectivity index is 3.55. The maximum Gasteiger partial charge on any atom is 0.163 e. The smallest absolute Gasteiger partial charge is 0.163 e. The van der Waals surface area contributed by atoms with Crippen LogP contribution in [0, 0.1) is 5.82 Å². The fraction of sp³-hybridized carbons (Fsp3) is 0.250. The molecule has 2 nitrogen and oxygen atoms in total. The fourth-order valence-corrected chi connectivity index (χ4v) is 1.58. The standard InChI is InChI=1S/C12H12ClFO2/c1-4-8-11(14)10(13)6-9(7(3)15)12(8)16-5-2/h4,6H,1,5H2,2-3H3. The Morgan fingerprint density at radius 1 is 1.69 bits per heavy atom. The molecule has 0 N–H and O–H groups in total. The van der Waals surface area contributed by atoms with Crippen molar-refractivity contribution < 1.29 is 13.9 Å². The quantitative estimate of drug-likeness (QED) is 0.752. The number of ether oxygens (including phenoxy) is 1. The van der Waals surface area contributed by atoms with E-state index >= 15 is 0 Å². The van der Waals surface area contributed by atoms with Gasteiger partial charge in [-0.2, -0.15) is 0 Å². The van der Waals surface area contributed by atoms with Gasteiger partial charge in [0.15, 0.2) is 11.6 Å². The number of benzene rings is 1. The average molecular weight is 243 g/mol. The van der Waals surface area contributed by atoms with Crippen LogP contribution in [0.15, 0.2) is 12.6 Å². The third kappa shape index (κ3) is 2.25. The van der Waals surface area contributed by atoms with Gasteiger partial charge in [0.25, 0.3) is 0 Å². The number of hydrogen-bond donors (Lipinski definition) is 0. The molecule has 0 saturated heterocycles. The van der Waals surface area contributed by atoms with Gasteiger partial charge in [-0.1, -0.05) is 24.3 Å². The first kappa shape index (κ1) is 12.7. The minimum atomic E-state index is -0.620. The first-order valence-corrected chi connectivity index (χ1v) is 5.18. The second-order valence-electron chi connectivity index (χ2n) is 3.16. The highest BCUT2D eigenvalue weighted by molar-refractivity contribution is 6.31. The zero-order valence-electron chi connectivity index (χ0n) is 9.14. The molecule has 0 unspecified atom stereocenters. The van der Waals surface area contributed by atoms with E-state index in [9.17, 15) is 9.18 Å². The molecule has 0 fully saturated rings. The molecule has 0 aliphatic rings. The van der Waals surface area contributed by atoms with Crippen molar-refractivity contribution >= 4 is 23.5 Å². The lowest BCUT2D eigenvalue weighted by molar-refractivity contribution is 0.101. The lowest BCUT2D eigenvalue weighted by Crippen LogP contribution is -2.04. The summed E-state index contributed by atoms with van der Waals surface area (Å²) >= 11 is 5.68. The van der Waals surface area contributed by atoms with E-state index < -0.39 is 5.82 Å². The topological polar surface area (TPSA) is 26.3 Å². The molecule has 0 radical (unpaired) electrons. The highest BCUT2D eigenvalue weighted by Crippen LogP contribution is 2.33. The maximum absolute atomic E-state index is 13.6. The van der Waals surface area contributed by atoms with Crippen LogP contribution in [-0.4, -0.2) is 12.4 Å². The third-order valence-corrected chi connectivity index (χ3v) is 2.35. The minimum absolute atomic E-state index is 0.108. The normalized spacial score (nSPS) is 10.0. The zero-order chi connectivity index (χ0) is 12.3. The van der Waals surface area contributed by atoms with E-state index in [1.54, 1.807) is 6.92 Å². The first-order chi connectivity index (χ1) is 7.52. The van der Waals surface area contributed by atoms with Crippen LogP contribution in [-0.2, 0) is 0 Å². The van der Waals surface area contributed by atoms with Crippen molar-refractivity contribution in [1.82, 2.24) is 0 Å². The van der Waals surface area contributed by atoms with Crippen molar-refractivity contribution in [2.75, 3.05) is 6.61 Å². The molecule has 0 heterocycles. The molecule has 0 bridgehead atoms. The molecule has 0 spiro atoms. The lowest BCUT2D eigenvalue weighted by Gasteiger charge is -2.13. The summed E-state index contributed by atoms with van der Waals surface area (Å²) in [4.78, 5) is 11.4. The van der Waals surface area contributed by atoms with Gasteiger partial charge in [0.2, 0.25) is 0 Å². The van der Waals surface area contributed by atoms with Crippen molar-refractivity contribution in [2.24, 2.45) is 0 Å². The molecule has 0 aliphatic heterocycles. The molecular formula is C12H12ClFO2. The number of rotatable bonds is 4. The highest BCUT2D eigenvalue weighted by Gasteiger charge is 2.18. The molecule has 0 aromatic heterocycles. The molecule has 0 saturated carbocycles. The van der Waals surface area contributed by atoms with Gasteiger partial charge in [-0.3, -0.25) is 4.79 Å². The van der Waals surface area contributed by atoms with Crippen molar-refractivity contribution in [3.63, 3.8) is 0 Å². The van der Waals surface area contributed by atoms with Crippen LogP contribution in [0.4, 0.5) is 4.39 Å². The minimum Gasteiger partial charge on any atom is -0.492 e. The van der Waals surface area contributed by atoms with Gasteiger partial charge in [-0.15, -0.1) is 0 Å². The number of hydrogen-bond acceptors (Lipinski definition) is 2. The van der Waals surface area contributed by atoms with Crippen LogP contribution in [0.5, 0.6) is 5.75 Å². The van der Waals surface area contributed by atoms with Crippen molar-refractivity contribution in [3.05, 3.63) is 34.6 Å². The summed E-state index contributed by atoms with van der Waals surface area (Å²) in [6.45, 7) is 6.95. The summed E-state index contributed by atoms with van der Waals surface area (Å²) < 4.78 is 18.9. The van der Waals surface area contributed by atoms with E-state index in [0.717, 1.165) is 0 Å². The molecule has 1 rings (SSSR count). The second kappa shape index (κ2) is 5.12. The summed E-state index contributed by atoms with van der Waals surface area (Å²) in [6, 6.07) is 1.28. The molecule has 1 aromatic rings. The molecule has 0 amide bonds. The van der Waals surface area contributed by atoms with E-state index in [1.807, 2.05) is 0 Å². The monoisotopic (exact) mass is 242 g/mol. The Morgan fingerprint density at radius 2 is 2.31 bits per heavy atom. The predicted molar refractivity (Wildman–Crippen MR) is 62.7 cm³/mol. The molecular weight excluding hydrogens is 231 g/mol. The van der Waals surface area contributed by atoms with Gasteiger partial charge in [-0.25, -0.2) is 4.39 Å².